The Balaban J connectivity index is 2.65. The molecule has 1 aliphatic rings. The zero-order valence-electron chi connectivity index (χ0n) is 5.87. The lowest BCUT2D eigenvalue weighted by atomic mass is 10.1. The molecule has 0 amide bonds. The van der Waals surface area contributed by atoms with Gasteiger partial charge in [-0.2, -0.15) is 10.5 Å². The summed E-state index contributed by atoms with van der Waals surface area (Å²) in [7, 11) is 0. The third-order valence-corrected chi connectivity index (χ3v) is 2.13. The lowest BCUT2D eigenvalue weighted by Gasteiger charge is -2.04. The normalized spacial score (nSPS) is 15.8. The summed E-state index contributed by atoms with van der Waals surface area (Å²) in [6, 6.07) is 2.09. The highest BCUT2D eigenvalue weighted by atomic mass is 32.2. The number of thiocyanates is 1. The number of nitriles is 2. The van der Waals surface area contributed by atoms with E-state index in [1.54, 1.807) is 6.08 Å². The van der Waals surface area contributed by atoms with Crippen LogP contribution in [-0.4, -0.2) is 0 Å². The highest BCUT2D eigenvalue weighted by Gasteiger charge is 2.05. The summed E-state index contributed by atoms with van der Waals surface area (Å²) in [4.78, 5) is 1.05. The van der Waals surface area contributed by atoms with Crippen molar-refractivity contribution in [3.05, 3.63) is 22.6 Å². The number of nitrogens with zero attached hydrogens (tertiary/aromatic N) is 2. The lowest BCUT2D eigenvalue weighted by molar-refractivity contribution is 0.981. The largest absolute Gasteiger partial charge is 0.193 e. The van der Waals surface area contributed by atoms with E-state index in [4.69, 9.17) is 10.5 Å². The molecule has 1 rings (SSSR count). The third-order valence-electron chi connectivity index (χ3n) is 1.43. The van der Waals surface area contributed by atoms with E-state index in [2.05, 4.69) is 6.07 Å². The Labute approximate surface area is 69.8 Å². The molecule has 0 aromatic rings. The van der Waals surface area contributed by atoms with E-state index in [0.29, 0.717) is 0 Å². The van der Waals surface area contributed by atoms with Crippen molar-refractivity contribution < 1.29 is 0 Å². The van der Waals surface area contributed by atoms with Crippen molar-refractivity contribution >= 4 is 11.8 Å². The molecule has 54 valence electrons. The molecule has 2 nitrogen and oxygen atoms in total. The van der Waals surface area contributed by atoms with Crippen molar-refractivity contribution in [2.24, 2.45) is 0 Å². The third kappa shape index (κ3) is 2.14. The first-order valence-corrected chi connectivity index (χ1v) is 4.04. The summed E-state index contributed by atoms with van der Waals surface area (Å²) < 4.78 is 0. The number of thioether (sulfide) groups is 1. The van der Waals surface area contributed by atoms with Gasteiger partial charge in [0.15, 0.2) is 0 Å². The van der Waals surface area contributed by atoms with Crippen LogP contribution in [0.25, 0.3) is 0 Å². The van der Waals surface area contributed by atoms with Gasteiger partial charge in [-0.15, -0.1) is 0 Å². The summed E-state index contributed by atoms with van der Waals surface area (Å²) in [5, 5.41) is 18.8. The molecule has 0 aromatic heterocycles. The predicted molar refractivity (Wildman–Crippen MR) is 44.2 cm³/mol. The van der Waals surface area contributed by atoms with Gasteiger partial charge >= 0.3 is 0 Å². The molecule has 0 fully saturated rings. The zero-order valence-corrected chi connectivity index (χ0v) is 6.69. The van der Waals surface area contributed by atoms with Crippen LogP contribution < -0.4 is 0 Å². The average Bonchev–Trinajstić information content (AvgIpc) is 2.07. The quantitative estimate of drug-likeness (QED) is 0.556. The Kier molecular flexibility index (Phi) is 2.77. The van der Waals surface area contributed by atoms with Crippen LogP contribution in [0.4, 0.5) is 0 Å². The molecular formula is C8H6N2S. The second-order valence-corrected chi connectivity index (χ2v) is 3.04. The first kappa shape index (κ1) is 7.91. The molecule has 0 heterocycles. The summed E-state index contributed by atoms with van der Waals surface area (Å²) in [5.41, 5.74) is 0.798. The standard InChI is InChI=1S/C8H6N2S/c9-5-7-1-3-8(4-2-7)11-6-10/h1,3H,2,4H2. The molecule has 3 heteroatoms. The molecule has 0 N–H and O–H groups in total. The molecule has 0 spiro atoms. The minimum atomic E-state index is 0.775. The lowest BCUT2D eigenvalue weighted by Crippen LogP contribution is -1.87. The molecule has 0 unspecified atom stereocenters. The Bertz CT molecular complexity index is 288. The van der Waals surface area contributed by atoms with Crippen molar-refractivity contribution in [1.29, 1.82) is 10.5 Å². The smallest absolute Gasteiger partial charge is 0.138 e. The van der Waals surface area contributed by atoms with Crippen LogP contribution in [0.2, 0.25) is 0 Å². The fourth-order valence-electron chi connectivity index (χ4n) is 0.855. The Hall–Kier alpha value is -1.19. The fourth-order valence-corrected chi connectivity index (χ4v) is 1.31. The molecule has 0 atom stereocenters. The van der Waals surface area contributed by atoms with Crippen LogP contribution in [0, 0.1) is 22.0 Å². The monoisotopic (exact) mass is 162 g/mol. The van der Waals surface area contributed by atoms with Gasteiger partial charge in [0, 0.05) is 10.5 Å². The number of rotatable bonds is 1. The maximum absolute atomic E-state index is 8.49. The van der Waals surface area contributed by atoms with Crippen LogP contribution >= 0.6 is 11.8 Å². The van der Waals surface area contributed by atoms with Gasteiger partial charge in [0.1, 0.15) is 5.40 Å². The van der Waals surface area contributed by atoms with E-state index in [9.17, 15) is 0 Å². The van der Waals surface area contributed by atoms with Crippen LogP contribution in [0.5, 0.6) is 0 Å². The van der Waals surface area contributed by atoms with Crippen molar-refractivity contribution in [3.63, 3.8) is 0 Å². The van der Waals surface area contributed by atoms with Crippen LogP contribution in [0.15, 0.2) is 22.6 Å². The van der Waals surface area contributed by atoms with Gasteiger partial charge in [0.05, 0.1) is 6.07 Å². The van der Waals surface area contributed by atoms with Gasteiger partial charge in [-0.05, 0) is 30.7 Å². The van der Waals surface area contributed by atoms with Gasteiger partial charge in [0.25, 0.3) is 0 Å². The molecule has 1 aliphatic carbocycles. The first-order valence-electron chi connectivity index (χ1n) is 3.22. The maximum Gasteiger partial charge on any atom is 0.138 e. The second-order valence-electron chi connectivity index (χ2n) is 2.13. The number of hydrogen-bond acceptors (Lipinski definition) is 3. The van der Waals surface area contributed by atoms with Gasteiger partial charge in [0.2, 0.25) is 0 Å². The van der Waals surface area contributed by atoms with Gasteiger partial charge in [-0.3, -0.25) is 0 Å². The molecular weight excluding hydrogens is 156 g/mol. The molecule has 0 aliphatic heterocycles. The summed E-state index contributed by atoms with van der Waals surface area (Å²) >= 11 is 1.18. The second kappa shape index (κ2) is 3.85. The summed E-state index contributed by atoms with van der Waals surface area (Å²) in [6.07, 6.45) is 5.23. The van der Waals surface area contributed by atoms with Crippen molar-refractivity contribution in [1.82, 2.24) is 0 Å². The molecule has 0 saturated heterocycles. The maximum atomic E-state index is 8.49. The van der Waals surface area contributed by atoms with Crippen molar-refractivity contribution in [2.75, 3.05) is 0 Å². The summed E-state index contributed by atoms with van der Waals surface area (Å²) in [5.74, 6) is 0. The molecule has 11 heavy (non-hydrogen) atoms. The zero-order chi connectivity index (χ0) is 8.10. The number of hydrogen-bond donors (Lipinski definition) is 0. The molecule has 0 aromatic carbocycles. The van der Waals surface area contributed by atoms with Gasteiger partial charge in [-0.1, -0.05) is 6.08 Å². The molecule has 0 bridgehead atoms. The molecule has 0 radical (unpaired) electrons. The first-order chi connectivity index (χ1) is 5.36. The predicted octanol–water partition coefficient (Wildman–Crippen LogP) is 2.33. The fraction of sp³-hybridized carbons (Fsp3) is 0.250. The van der Waals surface area contributed by atoms with E-state index in [1.807, 2.05) is 11.5 Å². The SMILES string of the molecule is N#CSC1=CC=C(C#N)CC1. The Morgan fingerprint density at radius 1 is 1.27 bits per heavy atom. The molecule has 0 saturated carbocycles. The summed E-state index contributed by atoms with van der Waals surface area (Å²) in [6.45, 7) is 0. The highest BCUT2D eigenvalue weighted by molar-refractivity contribution is 8.07. The van der Waals surface area contributed by atoms with Crippen LogP contribution in [-0.2, 0) is 0 Å². The van der Waals surface area contributed by atoms with E-state index in [0.717, 1.165) is 23.3 Å². The highest BCUT2D eigenvalue weighted by Crippen LogP contribution is 2.25. The average molecular weight is 162 g/mol. The van der Waals surface area contributed by atoms with Gasteiger partial charge < -0.3 is 0 Å². The minimum Gasteiger partial charge on any atom is -0.193 e. The minimum absolute atomic E-state index is 0.775. The van der Waals surface area contributed by atoms with Crippen molar-refractivity contribution in [3.8, 4) is 11.5 Å². The van der Waals surface area contributed by atoms with E-state index in [-0.39, 0.29) is 0 Å². The topological polar surface area (TPSA) is 47.6 Å². The van der Waals surface area contributed by atoms with E-state index in [1.165, 1.54) is 11.8 Å². The van der Waals surface area contributed by atoms with Gasteiger partial charge in [-0.25, -0.2) is 0 Å². The Morgan fingerprint density at radius 3 is 2.55 bits per heavy atom. The Morgan fingerprint density at radius 2 is 2.09 bits per heavy atom. The van der Waals surface area contributed by atoms with E-state index < -0.39 is 0 Å². The van der Waals surface area contributed by atoms with Crippen LogP contribution in [0.3, 0.4) is 0 Å². The van der Waals surface area contributed by atoms with Crippen LogP contribution in [0.1, 0.15) is 12.8 Å². The number of allylic oxidation sites excluding steroid dienone is 4. The van der Waals surface area contributed by atoms with E-state index >= 15 is 0 Å². The van der Waals surface area contributed by atoms with Crippen molar-refractivity contribution in [2.45, 2.75) is 12.8 Å².